The third-order valence-electron chi connectivity index (χ3n) is 5.39. The first-order valence-electron chi connectivity index (χ1n) is 10.1. The number of anilines is 1. The molecule has 2 heterocycles. The van der Waals surface area contributed by atoms with Crippen molar-refractivity contribution >= 4 is 17.6 Å². The number of nitrogens with one attached hydrogen (secondary N) is 1. The minimum absolute atomic E-state index is 0.217. The molecule has 1 N–H and O–H groups in total. The number of nitrogens with zero attached hydrogens (tertiary/aromatic N) is 3. The van der Waals surface area contributed by atoms with Crippen molar-refractivity contribution in [3.05, 3.63) is 29.8 Å². The fourth-order valence-electron chi connectivity index (χ4n) is 3.95. The Morgan fingerprint density at radius 2 is 2.19 bits per heavy atom. The monoisotopic (exact) mass is 372 g/mol. The van der Waals surface area contributed by atoms with E-state index in [1.54, 1.807) is 0 Å². The maximum Gasteiger partial charge on any atom is 0.227 e. The van der Waals surface area contributed by atoms with Gasteiger partial charge < -0.3 is 19.9 Å². The van der Waals surface area contributed by atoms with Crippen LogP contribution in [-0.4, -0.2) is 63.2 Å². The first kappa shape index (κ1) is 19.7. The predicted octanol–water partition coefficient (Wildman–Crippen LogP) is 2.29. The largest absolute Gasteiger partial charge is 0.381 e. The number of para-hydroxylation sites is 1. The normalized spacial score (nSPS) is 19.5. The molecule has 0 radical (unpaired) electrons. The average Bonchev–Trinajstić information content (AvgIpc) is 3.33. The Morgan fingerprint density at radius 3 is 3.00 bits per heavy atom. The minimum Gasteiger partial charge on any atom is -0.381 e. The summed E-state index contributed by atoms with van der Waals surface area (Å²) in [7, 11) is 1.82. The molecule has 2 aliphatic heterocycles. The second-order valence-corrected chi connectivity index (χ2v) is 7.26. The Bertz CT molecular complexity index is 661. The number of rotatable bonds is 7. The molecular weight excluding hydrogens is 340 g/mol. The zero-order valence-electron chi connectivity index (χ0n) is 16.6. The van der Waals surface area contributed by atoms with Gasteiger partial charge in [0.05, 0.1) is 6.61 Å². The van der Waals surface area contributed by atoms with Gasteiger partial charge in [0.2, 0.25) is 5.91 Å². The van der Waals surface area contributed by atoms with Crippen LogP contribution >= 0.6 is 0 Å². The molecule has 1 unspecified atom stereocenters. The van der Waals surface area contributed by atoms with Crippen molar-refractivity contribution in [3.63, 3.8) is 0 Å². The molecule has 0 bridgehead atoms. The number of ether oxygens (including phenoxy) is 1. The summed E-state index contributed by atoms with van der Waals surface area (Å²) >= 11 is 0. The third kappa shape index (κ3) is 5.01. The van der Waals surface area contributed by atoms with Gasteiger partial charge in [0.1, 0.15) is 0 Å². The van der Waals surface area contributed by atoms with Crippen LogP contribution in [0.2, 0.25) is 0 Å². The summed E-state index contributed by atoms with van der Waals surface area (Å²) in [4.78, 5) is 21.2. The number of carbonyl (C=O) groups is 1. The van der Waals surface area contributed by atoms with Crippen LogP contribution in [0, 0.1) is 5.92 Å². The van der Waals surface area contributed by atoms with Crippen molar-refractivity contribution < 1.29 is 9.53 Å². The Labute approximate surface area is 162 Å². The molecule has 0 saturated carbocycles. The Kier molecular flexibility index (Phi) is 7.10. The van der Waals surface area contributed by atoms with Crippen molar-refractivity contribution in [2.24, 2.45) is 10.9 Å². The molecule has 0 aliphatic carbocycles. The van der Waals surface area contributed by atoms with Crippen molar-refractivity contribution in [3.8, 4) is 0 Å². The average molecular weight is 373 g/mol. The molecule has 2 aliphatic rings. The number of hydrogen-bond donors (Lipinski definition) is 1. The van der Waals surface area contributed by atoms with Gasteiger partial charge in [-0.3, -0.25) is 9.79 Å². The van der Waals surface area contributed by atoms with Crippen LogP contribution in [0.25, 0.3) is 0 Å². The molecule has 3 rings (SSSR count). The van der Waals surface area contributed by atoms with Crippen LogP contribution in [0.15, 0.2) is 29.3 Å². The van der Waals surface area contributed by atoms with Crippen LogP contribution in [-0.2, 0) is 16.0 Å². The highest BCUT2D eigenvalue weighted by molar-refractivity contribution is 5.95. The standard InChI is InChI=1S/C21H32N4O2/c1-3-27-16-17-10-13-24(15-17)21(22-2)23-12-6-9-20(26)25-14-11-18-7-4-5-8-19(18)25/h4-5,7-8,17H,3,6,9-16H2,1-2H3,(H,22,23). The number of guanidine groups is 1. The van der Waals surface area contributed by atoms with Crippen molar-refractivity contribution in [1.29, 1.82) is 0 Å². The van der Waals surface area contributed by atoms with Gasteiger partial charge in [-0.25, -0.2) is 0 Å². The fraction of sp³-hybridized carbons (Fsp3) is 0.619. The molecule has 27 heavy (non-hydrogen) atoms. The molecule has 6 heteroatoms. The lowest BCUT2D eigenvalue weighted by Gasteiger charge is -2.22. The van der Waals surface area contributed by atoms with E-state index in [2.05, 4.69) is 21.3 Å². The second-order valence-electron chi connectivity index (χ2n) is 7.26. The van der Waals surface area contributed by atoms with Crippen LogP contribution < -0.4 is 10.2 Å². The maximum absolute atomic E-state index is 12.6. The molecule has 1 atom stereocenters. The first-order chi connectivity index (χ1) is 13.2. The molecule has 0 spiro atoms. The van der Waals surface area contributed by atoms with Crippen molar-refractivity contribution in [2.75, 3.05) is 51.3 Å². The van der Waals surface area contributed by atoms with E-state index in [4.69, 9.17) is 4.74 Å². The van der Waals surface area contributed by atoms with E-state index in [-0.39, 0.29) is 5.91 Å². The lowest BCUT2D eigenvalue weighted by atomic mass is 10.1. The highest BCUT2D eigenvalue weighted by atomic mass is 16.5. The third-order valence-corrected chi connectivity index (χ3v) is 5.39. The zero-order chi connectivity index (χ0) is 19.1. The van der Waals surface area contributed by atoms with Gasteiger partial charge in [-0.05, 0) is 37.8 Å². The van der Waals surface area contributed by atoms with E-state index in [0.717, 1.165) is 70.3 Å². The first-order valence-corrected chi connectivity index (χ1v) is 10.1. The quantitative estimate of drug-likeness (QED) is 0.453. The van der Waals surface area contributed by atoms with Crippen molar-refractivity contribution in [1.82, 2.24) is 10.2 Å². The molecule has 1 aromatic rings. The summed E-state index contributed by atoms with van der Waals surface area (Å²) in [6.45, 7) is 7.22. The van der Waals surface area contributed by atoms with Gasteiger partial charge in [-0.15, -0.1) is 0 Å². The van der Waals surface area contributed by atoms with E-state index < -0.39 is 0 Å². The van der Waals surface area contributed by atoms with Crippen LogP contribution in [0.5, 0.6) is 0 Å². The van der Waals surface area contributed by atoms with E-state index in [1.165, 1.54) is 5.56 Å². The second kappa shape index (κ2) is 9.74. The zero-order valence-corrected chi connectivity index (χ0v) is 16.6. The number of benzene rings is 1. The molecule has 148 valence electrons. The summed E-state index contributed by atoms with van der Waals surface area (Å²) < 4.78 is 5.55. The van der Waals surface area contributed by atoms with E-state index >= 15 is 0 Å². The van der Waals surface area contributed by atoms with Gasteiger partial charge in [0, 0.05) is 57.9 Å². The van der Waals surface area contributed by atoms with Gasteiger partial charge >= 0.3 is 0 Å². The summed E-state index contributed by atoms with van der Waals surface area (Å²) in [5, 5.41) is 3.42. The van der Waals surface area contributed by atoms with Gasteiger partial charge in [-0.2, -0.15) is 0 Å². The van der Waals surface area contributed by atoms with E-state index in [0.29, 0.717) is 12.3 Å². The van der Waals surface area contributed by atoms with Crippen LogP contribution in [0.3, 0.4) is 0 Å². The topological polar surface area (TPSA) is 57.2 Å². The van der Waals surface area contributed by atoms with Gasteiger partial charge in [0.15, 0.2) is 5.96 Å². The molecule has 6 nitrogen and oxygen atoms in total. The van der Waals surface area contributed by atoms with Crippen molar-refractivity contribution in [2.45, 2.75) is 32.6 Å². The number of likely N-dealkylation sites (tertiary alicyclic amines) is 1. The van der Waals surface area contributed by atoms with Gasteiger partial charge in [0.25, 0.3) is 0 Å². The molecule has 1 saturated heterocycles. The number of carbonyl (C=O) groups excluding carboxylic acids is 1. The number of aliphatic imine (C=N–C) groups is 1. The van der Waals surface area contributed by atoms with E-state index in [9.17, 15) is 4.79 Å². The number of amides is 1. The summed E-state index contributed by atoms with van der Waals surface area (Å²) in [6, 6.07) is 8.21. The highest BCUT2D eigenvalue weighted by Gasteiger charge is 2.25. The molecule has 0 aromatic heterocycles. The Hall–Kier alpha value is -2.08. The molecule has 1 amide bonds. The summed E-state index contributed by atoms with van der Waals surface area (Å²) in [5.41, 5.74) is 2.36. The minimum atomic E-state index is 0.217. The number of fused-ring (bicyclic) bond motifs is 1. The lowest BCUT2D eigenvalue weighted by molar-refractivity contribution is -0.118. The Morgan fingerprint density at radius 1 is 1.33 bits per heavy atom. The Balaban J connectivity index is 1.39. The van der Waals surface area contributed by atoms with Crippen LogP contribution in [0.1, 0.15) is 31.7 Å². The van der Waals surface area contributed by atoms with E-state index in [1.807, 2.05) is 37.1 Å². The number of hydrogen-bond acceptors (Lipinski definition) is 3. The summed E-state index contributed by atoms with van der Waals surface area (Å²) in [5.74, 6) is 1.74. The fourth-order valence-corrected chi connectivity index (χ4v) is 3.95. The van der Waals surface area contributed by atoms with Gasteiger partial charge in [-0.1, -0.05) is 18.2 Å². The highest BCUT2D eigenvalue weighted by Crippen LogP contribution is 2.28. The van der Waals surface area contributed by atoms with Crippen LogP contribution in [0.4, 0.5) is 5.69 Å². The lowest BCUT2D eigenvalue weighted by Crippen LogP contribution is -2.41. The maximum atomic E-state index is 12.6. The summed E-state index contributed by atoms with van der Waals surface area (Å²) in [6.07, 6.45) is 3.48. The SMILES string of the molecule is CCOCC1CCN(C(=NC)NCCCC(=O)N2CCc3ccccc32)C1. The predicted molar refractivity (Wildman–Crippen MR) is 109 cm³/mol. The molecule has 1 fully saturated rings. The molecule has 1 aromatic carbocycles. The smallest absolute Gasteiger partial charge is 0.227 e. The molecular formula is C21H32N4O2.